The SMILES string of the molecule is COC(=O)C(O)COc1ccc(/C(C)=N/OCc2ccc(C(F)(F)F)cc2)cc1. The predicted molar refractivity (Wildman–Crippen MR) is 98.4 cm³/mol. The number of aliphatic hydroxyl groups is 1. The van der Waals surface area contributed by atoms with Gasteiger partial charge in [0.2, 0.25) is 0 Å². The van der Waals surface area contributed by atoms with Crippen molar-refractivity contribution < 1.29 is 37.4 Å². The zero-order valence-electron chi connectivity index (χ0n) is 15.8. The normalized spacial score (nSPS) is 13.0. The Morgan fingerprint density at radius 2 is 1.72 bits per heavy atom. The molecule has 0 aliphatic heterocycles. The molecule has 1 atom stereocenters. The number of ether oxygens (including phenoxy) is 2. The predicted octanol–water partition coefficient (Wildman–Crippen LogP) is 3.56. The zero-order valence-corrected chi connectivity index (χ0v) is 15.8. The molecule has 1 unspecified atom stereocenters. The molecule has 2 aromatic carbocycles. The number of benzene rings is 2. The van der Waals surface area contributed by atoms with Crippen molar-refractivity contribution in [3.8, 4) is 5.75 Å². The van der Waals surface area contributed by atoms with Crippen LogP contribution in [0.2, 0.25) is 0 Å². The van der Waals surface area contributed by atoms with E-state index in [4.69, 9.17) is 9.57 Å². The fourth-order valence-electron chi connectivity index (χ4n) is 2.22. The van der Waals surface area contributed by atoms with E-state index in [2.05, 4.69) is 9.89 Å². The molecule has 0 heterocycles. The lowest BCUT2D eigenvalue weighted by Crippen LogP contribution is -2.28. The average Bonchev–Trinajstić information content (AvgIpc) is 2.71. The van der Waals surface area contributed by atoms with E-state index >= 15 is 0 Å². The summed E-state index contributed by atoms with van der Waals surface area (Å²) >= 11 is 0. The third kappa shape index (κ3) is 6.79. The van der Waals surface area contributed by atoms with Crippen molar-refractivity contribution in [3.63, 3.8) is 0 Å². The Bertz CT molecular complexity index is 833. The molecule has 0 aliphatic rings. The van der Waals surface area contributed by atoms with Crippen LogP contribution in [0.15, 0.2) is 53.7 Å². The van der Waals surface area contributed by atoms with Crippen molar-refractivity contribution in [3.05, 3.63) is 65.2 Å². The number of rotatable bonds is 8. The van der Waals surface area contributed by atoms with Gasteiger partial charge in [0.25, 0.3) is 0 Å². The fraction of sp³-hybridized carbons (Fsp3) is 0.300. The second kappa shape index (κ2) is 9.92. The second-order valence-electron chi connectivity index (χ2n) is 6.02. The van der Waals surface area contributed by atoms with Gasteiger partial charge in [0.15, 0.2) is 6.10 Å². The molecule has 0 aliphatic carbocycles. The van der Waals surface area contributed by atoms with Crippen LogP contribution in [0.3, 0.4) is 0 Å². The molecule has 0 saturated carbocycles. The number of oxime groups is 1. The van der Waals surface area contributed by atoms with Gasteiger partial charge in [-0.2, -0.15) is 13.2 Å². The first-order chi connectivity index (χ1) is 13.7. The summed E-state index contributed by atoms with van der Waals surface area (Å²) in [5.41, 5.74) is 1.13. The van der Waals surface area contributed by atoms with E-state index in [-0.39, 0.29) is 13.2 Å². The molecule has 0 aromatic heterocycles. The van der Waals surface area contributed by atoms with E-state index in [0.717, 1.165) is 17.7 Å². The lowest BCUT2D eigenvalue weighted by Gasteiger charge is -2.11. The molecule has 0 radical (unpaired) electrons. The zero-order chi connectivity index (χ0) is 21.4. The topological polar surface area (TPSA) is 77.4 Å². The minimum atomic E-state index is -4.37. The number of hydrogen-bond donors (Lipinski definition) is 1. The van der Waals surface area contributed by atoms with Crippen LogP contribution in [0.25, 0.3) is 0 Å². The monoisotopic (exact) mass is 411 g/mol. The number of methoxy groups -OCH3 is 1. The number of aliphatic hydroxyl groups excluding tert-OH is 1. The number of esters is 1. The Labute approximate surface area is 165 Å². The molecule has 2 rings (SSSR count). The van der Waals surface area contributed by atoms with Crippen molar-refractivity contribution in [1.82, 2.24) is 0 Å². The van der Waals surface area contributed by atoms with Gasteiger partial charge in [-0.1, -0.05) is 17.3 Å². The second-order valence-corrected chi connectivity index (χ2v) is 6.02. The Hall–Kier alpha value is -3.07. The van der Waals surface area contributed by atoms with Crippen molar-refractivity contribution in [1.29, 1.82) is 0 Å². The first-order valence-electron chi connectivity index (χ1n) is 8.52. The lowest BCUT2D eigenvalue weighted by atomic mass is 10.1. The molecular formula is C20H20F3NO5. The smallest absolute Gasteiger partial charge is 0.416 e. The van der Waals surface area contributed by atoms with E-state index in [0.29, 0.717) is 17.0 Å². The number of halogens is 3. The molecule has 156 valence electrons. The Morgan fingerprint density at radius 1 is 1.10 bits per heavy atom. The summed E-state index contributed by atoms with van der Waals surface area (Å²) in [4.78, 5) is 16.3. The first kappa shape index (κ1) is 22.2. The van der Waals surface area contributed by atoms with E-state index in [9.17, 15) is 23.1 Å². The van der Waals surface area contributed by atoms with E-state index in [1.165, 1.54) is 19.2 Å². The lowest BCUT2D eigenvalue weighted by molar-refractivity contribution is -0.151. The van der Waals surface area contributed by atoms with Gasteiger partial charge < -0.3 is 19.4 Å². The highest BCUT2D eigenvalue weighted by Crippen LogP contribution is 2.29. The maximum atomic E-state index is 12.5. The van der Waals surface area contributed by atoms with Gasteiger partial charge in [-0.05, 0) is 54.4 Å². The molecule has 0 bridgehead atoms. The Balaban J connectivity index is 1.87. The highest BCUT2D eigenvalue weighted by Gasteiger charge is 2.29. The highest BCUT2D eigenvalue weighted by atomic mass is 19.4. The molecule has 0 fully saturated rings. The highest BCUT2D eigenvalue weighted by molar-refractivity contribution is 5.98. The standard InChI is InChI=1S/C20H20F3NO5/c1-13(24-29-11-14-3-7-16(8-4-14)20(21,22)23)15-5-9-17(10-6-15)28-12-18(25)19(26)27-2/h3-10,18,25H,11-12H2,1-2H3/b24-13+. The van der Waals surface area contributed by atoms with Gasteiger partial charge >= 0.3 is 12.1 Å². The summed E-state index contributed by atoms with van der Waals surface area (Å²) in [7, 11) is 1.17. The van der Waals surface area contributed by atoms with Crippen LogP contribution >= 0.6 is 0 Å². The summed E-state index contributed by atoms with van der Waals surface area (Å²) in [6, 6.07) is 11.3. The third-order valence-corrected chi connectivity index (χ3v) is 3.87. The van der Waals surface area contributed by atoms with Crippen LogP contribution in [0, 0.1) is 0 Å². The Kier molecular flexibility index (Phi) is 7.60. The van der Waals surface area contributed by atoms with Crippen LogP contribution in [-0.2, 0) is 27.2 Å². The summed E-state index contributed by atoms with van der Waals surface area (Å²) in [5, 5.41) is 13.4. The summed E-state index contributed by atoms with van der Waals surface area (Å²) in [5.74, 6) is -0.343. The maximum Gasteiger partial charge on any atom is 0.416 e. The van der Waals surface area contributed by atoms with Gasteiger partial charge in [0.05, 0.1) is 18.4 Å². The molecule has 1 N–H and O–H groups in total. The van der Waals surface area contributed by atoms with E-state index in [1.54, 1.807) is 31.2 Å². The largest absolute Gasteiger partial charge is 0.490 e. The first-order valence-corrected chi connectivity index (χ1v) is 8.52. The van der Waals surface area contributed by atoms with Crippen molar-refractivity contribution in [2.24, 2.45) is 5.16 Å². The average molecular weight is 411 g/mol. The van der Waals surface area contributed by atoms with Gasteiger partial charge in [0.1, 0.15) is 19.0 Å². The number of carbonyl (C=O) groups excluding carboxylic acids is 1. The van der Waals surface area contributed by atoms with Crippen LogP contribution in [0.5, 0.6) is 5.75 Å². The number of alkyl halides is 3. The Morgan fingerprint density at radius 3 is 2.28 bits per heavy atom. The third-order valence-electron chi connectivity index (χ3n) is 3.87. The molecule has 0 spiro atoms. The molecular weight excluding hydrogens is 391 g/mol. The van der Waals surface area contributed by atoms with Gasteiger partial charge in [0, 0.05) is 0 Å². The van der Waals surface area contributed by atoms with Crippen molar-refractivity contribution >= 4 is 11.7 Å². The van der Waals surface area contributed by atoms with Gasteiger partial charge in [-0.25, -0.2) is 4.79 Å². The molecule has 29 heavy (non-hydrogen) atoms. The minimum absolute atomic E-state index is 0.0298. The molecule has 2 aromatic rings. The van der Waals surface area contributed by atoms with Crippen LogP contribution in [-0.4, -0.2) is 36.6 Å². The minimum Gasteiger partial charge on any atom is -0.490 e. The number of hydrogen-bond acceptors (Lipinski definition) is 6. The molecule has 6 nitrogen and oxygen atoms in total. The van der Waals surface area contributed by atoms with Crippen LogP contribution < -0.4 is 4.74 Å². The van der Waals surface area contributed by atoms with Crippen molar-refractivity contribution in [2.45, 2.75) is 25.8 Å². The van der Waals surface area contributed by atoms with Crippen LogP contribution in [0.4, 0.5) is 13.2 Å². The molecule has 9 heteroatoms. The molecule has 0 saturated heterocycles. The summed E-state index contributed by atoms with van der Waals surface area (Å²) in [6.45, 7) is 1.50. The van der Waals surface area contributed by atoms with Gasteiger partial charge in [-0.15, -0.1) is 0 Å². The summed E-state index contributed by atoms with van der Waals surface area (Å²) < 4.78 is 47.3. The number of nitrogens with zero attached hydrogens (tertiary/aromatic N) is 1. The number of carbonyl (C=O) groups is 1. The quantitative estimate of drug-likeness (QED) is 0.408. The summed E-state index contributed by atoms with van der Waals surface area (Å²) in [6.07, 6.45) is -5.75. The van der Waals surface area contributed by atoms with Crippen LogP contribution in [0.1, 0.15) is 23.6 Å². The van der Waals surface area contributed by atoms with E-state index in [1.807, 2.05) is 0 Å². The van der Waals surface area contributed by atoms with Gasteiger partial charge in [-0.3, -0.25) is 0 Å². The van der Waals surface area contributed by atoms with E-state index < -0.39 is 23.8 Å². The van der Waals surface area contributed by atoms with Crippen molar-refractivity contribution in [2.75, 3.05) is 13.7 Å². The maximum absolute atomic E-state index is 12.5. The fourth-order valence-corrected chi connectivity index (χ4v) is 2.22. The molecule has 0 amide bonds.